The maximum absolute atomic E-state index is 13.0. The molecule has 0 aliphatic rings. The summed E-state index contributed by atoms with van der Waals surface area (Å²) in [6, 6.07) is 0. The lowest BCUT2D eigenvalue weighted by atomic mass is 9.76. The number of aliphatic hydroxyl groups is 1. The summed E-state index contributed by atoms with van der Waals surface area (Å²) in [6.07, 6.45) is 0.991. The first-order valence-corrected chi connectivity index (χ1v) is 8.59. The summed E-state index contributed by atoms with van der Waals surface area (Å²) in [7, 11) is 0. The molecule has 0 amide bonds. The molecule has 0 aliphatic heterocycles. The van der Waals surface area contributed by atoms with Gasteiger partial charge in [0.1, 0.15) is 5.78 Å². The van der Waals surface area contributed by atoms with Gasteiger partial charge in [0.05, 0.1) is 23.7 Å². The van der Waals surface area contributed by atoms with Crippen LogP contribution >= 0.6 is 0 Å². The van der Waals surface area contributed by atoms with E-state index in [9.17, 15) is 9.90 Å². The standard InChI is InChI=1S/C19H36O4/c1-10-11-14(6)16(20)15(7)17(21)19(8,9)18(22-12(2)3)23-13(4)5/h10,12-16,18,20H,1,11H2,2-9H3/t14-,15-,16+/m0/s1. The van der Waals surface area contributed by atoms with Crippen molar-refractivity contribution in [2.45, 2.75) is 86.4 Å². The van der Waals surface area contributed by atoms with Gasteiger partial charge in [0.25, 0.3) is 0 Å². The van der Waals surface area contributed by atoms with Crippen molar-refractivity contribution in [3.8, 4) is 0 Å². The molecule has 4 nitrogen and oxygen atoms in total. The highest BCUT2D eigenvalue weighted by atomic mass is 16.7. The van der Waals surface area contributed by atoms with Gasteiger partial charge in [0.15, 0.2) is 6.29 Å². The number of ether oxygens (including phenoxy) is 2. The molecule has 4 heteroatoms. The van der Waals surface area contributed by atoms with E-state index in [0.717, 1.165) is 0 Å². The number of Topliss-reactive ketones (excluding diaryl/α,β-unsaturated/α-hetero) is 1. The van der Waals surface area contributed by atoms with Gasteiger partial charge in [-0.25, -0.2) is 0 Å². The van der Waals surface area contributed by atoms with Crippen LogP contribution in [0.2, 0.25) is 0 Å². The molecule has 3 atom stereocenters. The highest BCUT2D eigenvalue weighted by molar-refractivity contribution is 5.87. The molecule has 1 N–H and O–H groups in total. The number of hydrogen-bond donors (Lipinski definition) is 1. The number of ketones is 1. The fraction of sp³-hybridized carbons (Fsp3) is 0.842. The lowest BCUT2D eigenvalue weighted by molar-refractivity contribution is -0.229. The van der Waals surface area contributed by atoms with Gasteiger partial charge in [-0.2, -0.15) is 0 Å². The fourth-order valence-corrected chi connectivity index (χ4v) is 2.62. The second-order valence-corrected chi connectivity index (χ2v) is 7.57. The molecule has 0 aromatic heterocycles. The van der Waals surface area contributed by atoms with Crippen molar-refractivity contribution in [1.29, 1.82) is 0 Å². The molecule has 0 heterocycles. The summed E-state index contributed by atoms with van der Waals surface area (Å²) in [4.78, 5) is 13.0. The van der Waals surface area contributed by atoms with E-state index in [0.29, 0.717) is 6.42 Å². The van der Waals surface area contributed by atoms with E-state index in [1.54, 1.807) is 13.0 Å². The number of aliphatic hydroxyl groups excluding tert-OH is 1. The summed E-state index contributed by atoms with van der Waals surface area (Å²) < 4.78 is 11.7. The van der Waals surface area contributed by atoms with Crippen molar-refractivity contribution in [3.05, 3.63) is 12.7 Å². The van der Waals surface area contributed by atoms with E-state index in [2.05, 4.69) is 6.58 Å². The maximum atomic E-state index is 13.0. The minimum absolute atomic E-state index is 0.0160. The highest BCUT2D eigenvalue weighted by Gasteiger charge is 2.43. The molecule has 0 aliphatic carbocycles. The van der Waals surface area contributed by atoms with Crippen molar-refractivity contribution in [2.75, 3.05) is 0 Å². The van der Waals surface area contributed by atoms with Crippen LogP contribution < -0.4 is 0 Å². The molecule has 0 bridgehead atoms. The lowest BCUT2D eigenvalue weighted by Crippen LogP contribution is -2.48. The van der Waals surface area contributed by atoms with Crippen LogP contribution in [0.15, 0.2) is 12.7 Å². The van der Waals surface area contributed by atoms with Gasteiger partial charge in [0, 0.05) is 5.92 Å². The fourth-order valence-electron chi connectivity index (χ4n) is 2.62. The quantitative estimate of drug-likeness (QED) is 0.460. The first-order valence-electron chi connectivity index (χ1n) is 8.59. The zero-order valence-electron chi connectivity index (χ0n) is 16.1. The second kappa shape index (κ2) is 9.55. The van der Waals surface area contributed by atoms with Crippen LogP contribution in [0.1, 0.15) is 61.8 Å². The molecule has 0 fully saturated rings. The second-order valence-electron chi connectivity index (χ2n) is 7.57. The predicted molar refractivity (Wildman–Crippen MR) is 94.2 cm³/mol. The molecule has 0 unspecified atom stereocenters. The average molecular weight is 328 g/mol. The molecule has 0 spiro atoms. The number of hydrogen-bond acceptors (Lipinski definition) is 4. The van der Waals surface area contributed by atoms with Crippen molar-refractivity contribution >= 4 is 5.78 Å². The van der Waals surface area contributed by atoms with Crippen molar-refractivity contribution < 1.29 is 19.4 Å². The third-order valence-corrected chi connectivity index (χ3v) is 4.06. The SMILES string of the molecule is C=CC[C@H](C)[C@@H](O)[C@H](C)C(=O)C(C)(C)C(OC(C)C)OC(C)C. The van der Waals surface area contributed by atoms with Gasteiger partial charge in [-0.1, -0.05) is 19.9 Å². The Bertz CT molecular complexity index is 364. The molecule has 0 saturated carbocycles. The Morgan fingerprint density at radius 1 is 1.09 bits per heavy atom. The van der Waals surface area contributed by atoms with Gasteiger partial charge in [-0.3, -0.25) is 4.79 Å². The summed E-state index contributed by atoms with van der Waals surface area (Å²) in [6.45, 7) is 18.7. The minimum Gasteiger partial charge on any atom is -0.392 e. The Labute approximate surface area is 142 Å². The Morgan fingerprint density at radius 3 is 1.87 bits per heavy atom. The predicted octanol–water partition coefficient (Wildman–Crippen LogP) is 3.97. The van der Waals surface area contributed by atoms with Crippen LogP contribution in [0.4, 0.5) is 0 Å². The monoisotopic (exact) mass is 328 g/mol. The summed E-state index contributed by atoms with van der Waals surface area (Å²) in [5.74, 6) is -0.557. The zero-order chi connectivity index (χ0) is 18.4. The van der Waals surface area contributed by atoms with Crippen LogP contribution in [0.25, 0.3) is 0 Å². The molecular formula is C19H36O4. The smallest absolute Gasteiger partial charge is 0.170 e. The molecule has 0 aromatic carbocycles. The molecule has 0 saturated heterocycles. The van der Waals surface area contributed by atoms with Crippen molar-refractivity contribution in [3.63, 3.8) is 0 Å². The van der Waals surface area contributed by atoms with Crippen LogP contribution in [0, 0.1) is 17.3 Å². The van der Waals surface area contributed by atoms with Crippen LogP contribution in [0.3, 0.4) is 0 Å². The molecular weight excluding hydrogens is 292 g/mol. The van der Waals surface area contributed by atoms with Gasteiger partial charge in [-0.05, 0) is 53.9 Å². The Morgan fingerprint density at radius 2 is 1.52 bits per heavy atom. The van der Waals surface area contributed by atoms with E-state index in [1.165, 1.54) is 0 Å². The number of allylic oxidation sites excluding steroid dienone is 1. The summed E-state index contributed by atoms with van der Waals surface area (Å²) >= 11 is 0. The summed E-state index contributed by atoms with van der Waals surface area (Å²) in [5.41, 5.74) is -0.844. The van der Waals surface area contributed by atoms with E-state index in [-0.39, 0.29) is 23.9 Å². The first kappa shape index (κ1) is 22.3. The van der Waals surface area contributed by atoms with E-state index in [1.807, 2.05) is 48.5 Å². The van der Waals surface area contributed by atoms with Crippen molar-refractivity contribution in [1.82, 2.24) is 0 Å². The van der Waals surface area contributed by atoms with Gasteiger partial charge < -0.3 is 14.6 Å². The molecule has 0 rings (SSSR count). The van der Waals surface area contributed by atoms with E-state index < -0.39 is 23.7 Å². The van der Waals surface area contributed by atoms with Crippen LogP contribution in [-0.2, 0) is 14.3 Å². The summed E-state index contributed by atoms with van der Waals surface area (Å²) in [5, 5.41) is 10.4. The first-order chi connectivity index (χ1) is 10.4. The van der Waals surface area contributed by atoms with Gasteiger partial charge >= 0.3 is 0 Å². The van der Waals surface area contributed by atoms with E-state index in [4.69, 9.17) is 9.47 Å². The normalized spacial score (nSPS) is 16.7. The number of carbonyl (C=O) groups is 1. The molecule has 0 radical (unpaired) electrons. The topological polar surface area (TPSA) is 55.8 Å². The number of rotatable bonds is 11. The third kappa shape index (κ3) is 6.74. The average Bonchev–Trinajstić information content (AvgIpc) is 2.43. The Balaban J connectivity index is 5.24. The minimum atomic E-state index is -0.844. The highest BCUT2D eigenvalue weighted by Crippen LogP contribution is 2.33. The molecule has 136 valence electrons. The Kier molecular flexibility index (Phi) is 9.26. The third-order valence-electron chi connectivity index (χ3n) is 4.06. The van der Waals surface area contributed by atoms with E-state index >= 15 is 0 Å². The van der Waals surface area contributed by atoms with Crippen LogP contribution in [-0.4, -0.2) is 35.5 Å². The van der Waals surface area contributed by atoms with Gasteiger partial charge in [-0.15, -0.1) is 6.58 Å². The molecule has 23 heavy (non-hydrogen) atoms. The van der Waals surface area contributed by atoms with Gasteiger partial charge in [0.2, 0.25) is 0 Å². The zero-order valence-corrected chi connectivity index (χ0v) is 16.1. The van der Waals surface area contributed by atoms with Crippen molar-refractivity contribution in [2.24, 2.45) is 17.3 Å². The largest absolute Gasteiger partial charge is 0.392 e. The Hall–Kier alpha value is -0.710. The molecule has 0 aromatic rings. The maximum Gasteiger partial charge on any atom is 0.170 e. The lowest BCUT2D eigenvalue weighted by Gasteiger charge is -2.38. The van der Waals surface area contributed by atoms with Crippen LogP contribution in [0.5, 0.6) is 0 Å². The number of carbonyl (C=O) groups excluding carboxylic acids is 1.